The molecule has 0 radical (unpaired) electrons. The average Bonchev–Trinajstić information content (AvgIpc) is 2.97. The molecule has 1 aromatic carbocycles. The molecule has 136 valence electrons. The molecule has 5 bridgehead atoms. The van der Waals surface area contributed by atoms with Crippen LogP contribution in [0, 0.1) is 17.8 Å². The van der Waals surface area contributed by atoms with Crippen molar-refractivity contribution in [2.45, 2.75) is 62.1 Å². The molecule has 25 heavy (non-hydrogen) atoms. The van der Waals surface area contributed by atoms with Crippen molar-refractivity contribution in [3.05, 3.63) is 29.8 Å². The van der Waals surface area contributed by atoms with Crippen LogP contribution in [-0.4, -0.2) is 52.6 Å². The van der Waals surface area contributed by atoms with Crippen molar-refractivity contribution < 1.29 is 10.2 Å². The molecule has 5 fully saturated rings. The molecule has 5 heteroatoms. The van der Waals surface area contributed by atoms with Gasteiger partial charge >= 0.3 is 0 Å². The van der Waals surface area contributed by atoms with Crippen LogP contribution in [0.3, 0.4) is 0 Å². The number of rotatable bonds is 1. The van der Waals surface area contributed by atoms with Gasteiger partial charge in [0.05, 0.1) is 12.1 Å². The SMILES string of the molecule is CC[C@H]1[C@@H]2C[C@H]3[C@@H]4N(C)c5ccccc5[C@]45C[C@@H]([C@H]2[C@H]5O)N3[C@@H]1O.Cl. The fourth-order valence-corrected chi connectivity index (χ4v) is 7.88. The molecule has 5 aliphatic heterocycles. The molecule has 2 N–H and O–H groups in total. The molecule has 1 spiro atoms. The van der Waals surface area contributed by atoms with Gasteiger partial charge in [-0.2, -0.15) is 0 Å². The van der Waals surface area contributed by atoms with Gasteiger partial charge in [-0.25, -0.2) is 0 Å². The Labute approximate surface area is 155 Å². The van der Waals surface area contributed by atoms with E-state index in [2.05, 4.69) is 48.0 Å². The van der Waals surface area contributed by atoms with Crippen molar-refractivity contribution in [3.8, 4) is 0 Å². The summed E-state index contributed by atoms with van der Waals surface area (Å²) in [7, 11) is 2.19. The third-order valence-corrected chi connectivity index (χ3v) is 8.46. The summed E-state index contributed by atoms with van der Waals surface area (Å²) in [4.78, 5) is 4.83. The summed E-state index contributed by atoms with van der Waals surface area (Å²) < 4.78 is 0. The fraction of sp³-hybridized carbons (Fsp3) is 0.700. The number of fused-ring (bicyclic) bond motifs is 2. The van der Waals surface area contributed by atoms with E-state index in [4.69, 9.17) is 0 Å². The molecule has 6 aliphatic rings. The molecule has 7 rings (SSSR count). The lowest BCUT2D eigenvalue weighted by atomic mass is 9.62. The molecular weight excluding hydrogens is 336 g/mol. The number of aliphatic hydroxyl groups is 2. The van der Waals surface area contributed by atoms with Gasteiger partial charge in [0, 0.05) is 42.1 Å². The lowest BCUT2D eigenvalue weighted by Crippen LogP contribution is -2.72. The van der Waals surface area contributed by atoms with E-state index < -0.39 is 0 Å². The molecule has 1 unspecified atom stereocenters. The van der Waals surface area contributed by atoms with Crippen molar-refractivity contribution in [1.82, 2.24) is 4.90 Å². The summed E-state index contributed by atoms with van der Waals surface area (Å²) in [6.07, 6.45) is 2.56. The summed E-state index contributed by atoms with van der Waals surface area (Å²) >= 11 is 0. The number of nitrogens with zero attached hydrogens (tertiary/aromatic N) is 2. The molecule has 10 atom stereocenters. The second-order valence-corrected chi connectivity index (χ2v) is 8.81. The van der Waals surface area contributed by atoms with Gasteiger partial charge in [0.15, 0.2) is 0 Å². The minimum atomic E-state index is -0.319. The average molecular weight is 363 g/mol. The number of para-hydroxylation sites is 1. The van der Waals surface area contributed by atoms with Crippen LogP contribution >= 0.6 is 12.4 Å². The van der Waals surface area contributed by atoms with E-state index in [1.807, 2.05) is 0 Å². The zero-order chi connectivity index (χ0) is 16.4. The first-order chi connectivity index (χ1) is 11.6. The van der Waals surface area contributed by atoms with E-state index in [-0.39, 0.29) is 30.2 Å². The minimum absolute atomic E-state index is 0. The van der Waals surface area contributed by atoms with Crippen LogP contribution in [-0.2, 0) is 5.41 Å². The predicted molar refractivity (Wildman–Crippen MR) is 99.0 cm³/mol. The minimum Gasteiger partial charge on any atom is -0.392 e. The van der Waals surface area contributed by atoms with Gasteiger partial charge in [0.2, 0.25) is 0 Å². The summed E-state index contributed by atoms with van der Waals surface area (Å²) in [5, 5.41) is 22.6. The van der Waals surface area contributed by atoms with Crippen molar-refractivity contribution in [1.29, 1.82) is 0 Å². The molecule has 5 heterocycles. The Hall–Kier alpha value is -0.810. The van der Waals surface area contributed by atoms with Crippen LogP contribution in [0.25, 0.3) is 0 Å². The Morgan fingerprint density at radius 2 is 1.96 bits per heavy atom. The van der Waals surface area contributed by atoms with Gasteiger partial charge in [-0.05, 0) is 36.8 Å². The predicted octanol–water partition coefficient (Wildman–Crippen LogP) is 1.98. The number of hydrogen-bond acceptors (Lipinski definition) is 4. The van der Waals surface area contributed by atoms with Crippen molar-refractivity contribution in [2.75, 3.05) is 11.9 Å². The van der Waals surface area contributed by atoms with Gasteiger partial charge < -0.3 is 15.1 Å². The summed E-state index contributed by atoms with van der Waals surface area (Å²) in [6, 6.07) is 9.70. The highest BCUT2D eigenvalue weighted by atomic mass is 35.5. The molecule has 1 saturated carbocycles. The van der Waals surface area contributed by atoms with Crippen molar-refractivity contribution >= 4 is 18.1 Å². The van der Waals surface area contributed by atoms with E-state index >= 15 is 0 Å². The number of aliphatic hydroxyl groups excluding tert-OH is 2. The summed E-state index contributed by atoms with van der Waals surface area (Å²) in [5.41, 5.74) is 2.51. The Kier molecular flexibility index (Phi) is 3.22. The quantitative estimate of drug-likeness (QED) is 0.802. The highest BCUT2D eigenvalue weighted by molar-refractivity contribution is 5.85. The summed E-state index contributed by atoms with van der Waals surface area (Å²) in [6.45, 7) is 2.19. The number of hydrogen-bond donors (Lipinski definition) is 2. The van der Waals surface area contributed by atoms with E-state index in [9.17, 15) is 10.2 Å². The van der Waals surface area contributed by atoms with E-state index in [0.717, 1.165) is 19.3 Å². The molecule has 4 nitrogen and oxygen atoms in total. The van der Waals surface area contributed by atoms with Gasteiger partial charge in [-0.3, -0.25) is 4.90 Å². The van der Waals surface area contributed by atoms with Crippen molar-refractivity contribution in [2.24, 2.45) is 17.8 Å². The zero-order valence-corrected chi connectivity index (χ0v) is 15.6. The number of halogens is 1. The Balaban J connectivity index is 0.00000140. The third kappa shape index (κ3) is 1.50. The second kappa shape index (κ2) is 4.92. The van der Waals surface area contributed by atoms with Gasteiger partial charge in [-0.15, -0.1) is 12.4 Å². The number of benzene rings is 1. The first-order valence-corrected chi connectivity index (χ1v) is 9.57. The molecule has 4 saturated heterocycles. The monoisotopic (exact) mass is 362 g/mol. The molecule has 0 aromatic heterocycles. The highest BCUT2D eigenvalue weighted by Crippen LogP contribution is 2.68. The van der Waals surface area contributed by atoms with Crippen LogP contribution in [0.2, 0.25) is 0 Å². The topological polar surface area (TPSA) is 46.9 Å². The van der Waals surface area contributed by atoms with Gasteiger partial charge in [0.25, 0.3) is 0 Å². The lowest BCUT2D eigenvalue weighted by Gasteiger charge is -2.62. The van der Waals surface area contributed by atoms with Crippen LogP contribution < -0.4 is 4.90 Å². The fourth-order valence-electron chi connectivity index (χ4n) is 7.88. The number of piperidine rings is 4. The Morgan fingerprint density at radius 3 is 2.72 bits per heavy atom. The van der Waals surface area contributed by atoms with Gasteiger partial charge in [-0.1, -0.05) is 25.1 Å². The molecule has 1 aromatic rings. The summed E-state index contributed by atoms with van der Waals surface area (Å²) in [5.74, 6) is 1.14. The maximum Gasteiger partial charge on any atom is 0.111 e. The van der Waals surface area contributed by atoms with Crippen LogP contribution in [0.1, 0.15) is 31.7 Å². The first kappa shape index (κ1) is 16.4. The second-order valence-electron chi connectivity index (χ2n) is 8.81. The number of likely N-dealkylation sites (N-methyl/N-ethyl adjacent to an activating group) is 1. The normalized spacial score (nSPS) is 53.6. The van der Waals surface area contributed by atoms with Crippen LogP contribution in [0.4, 0.5) is 5.69 Å². The smallest absolute Gasteiger partial charge is 0.111 e. The Bertz CT molecular complexity index is 729. The van der Waals surface area contributed by atoms with Gasteiger partial charge in [0.1, 0.15) is 6.23 Å². The van der Waals surface area contributed by atoms with Crippen LogP contribution in [0.5, 0.6) is 0 Å². The molecule has 1 aliphatic carbocycles. The molecular formula is C20H27ClN2O2. The standard InChI is InChI=1S/C20H26N2O2.ClH/c1-3-10-11-8-14-17-20(12-6-4-5-7-13(12)21(17)2)9-15(16(11)18(20)23)22(14)19(10)24;/h4-7,10-11,14-19,23-24H,3,8-9H2,1-2H3;1H/t10-,11-,14-,15-,16-,17-,18+,19+,20+;/m0./s1. The highest BCUT2D eigenvalue weighted by Gasteiger charge is 2.76. The lowest BCUT2D eigenvalue weighted by molar-refractivity contribution is -0.211. The maximum atomic E-state index is 11.6. The van der Waals surface area contributed by atoms with Crippen LogP contribution in [0.15, 0.2) is 24.3 Å². The molecule has 0 amide bonds. The van der Waals surface area contributed by atoms with Crippen molar-refractivity contribution in [3.63, 3.8) is 0 Å². The largest absolute Gasteiger partial charge is 0.392 e. The maximum absolute atomic E-state index is 11.6. The Morgan fingerprint density at radius 1 is 1.20 bits per heavy atom. The zero-order valence-electron chi connectivity index (χ0n) is 14.7. The first-order valence-electron chi connectivity index (χ1n) is 9.57. The van der Waals surface area contributed by atoms with E-state index in [1.165, 1.54) is 11.3 Å². The van der Waals surface area contributed by atoms with E-state index in [0.29, 0.717) is 35.9 Å². The van der Waals surface area contributed by atoms with E-state index in [1.54, 1.807) is 0 Å². The third-order valence-electron chi connectivity index (χ3n) is 8.46. The number of anilines is 1.